The third-order valence-electron chi connectivity index (χ3n) is 6.19. The first-order chi connectivity index (χ1) is 13.9. The van der Waals surface area contributed by atoms with Crippen molar-refractivity contribution in [2.45, 2.75) is 61.7 Å². The normalized spacial score (nSPS) is 27.8. The number of carbonyl (C=O) groups excluding carboxylic acids is 1. The Bertz CT molecular complexity index is 899. The standard InChI is InChI=1S/C19H25N3O6S/c23-19(13-5-1-2-6-13)20-11-14-9-10-15-17(28-14)12-21(15)29(26,27)18-8-4-3-7-16(18)22(24)25/h3-4,7-8,13-15,17H,1-2,5-6,9-12H2,(H,20,23)/t14-,15-,17-/m1/s1. The van der Waals surface area contributed by atoms with Crippen LogP contribution >= 0.6 is 0 Å². The van der Waals surface area contributed by atoms with Crippen LogP contribution in [0, 0.1) is 16.0 Å². The zero-order valence-corrected chi connectivity index (χ0v) is 16.8. The van der Waals surface area contributed by atoms with Gasteiger partial charge in [-0.05, 0) is 31.7 Å². The van der Waals surface area contributed by atoms with Crippen LogP contribution in [0.25, 0.3) is 0 Å². The van der Waals surface area contributed by atoms with Crippen molar-refractivity contribution in [2.24, 2.45) is 5.92 Å². The third-order valence-corrected chi connectivity index (χ3v) is 8.13. The van der Waals surface area contributed by atoms with E-state index in [9.17, 15) is 23.3 Å². The first-order valence-corrected chi connectivity index (χ1v) is 11.5. The minimum absolute atomic E-state index is 0.0856. The van der Waals surface area contributed by atoms with E-state index in [1.54, 1.807) is 0 Å². The molecule has 10 heteroatoms. The van der Waals surface area contributed by atoms with Gasteiger partial charge in [-0.3, -0.25) is 14.9 Å². The van der Waals surface area contributed by atoms with E-state index >= 15 is 0 Å². The monoisotopic (exact) mass is 423 g/mol. The molecule has 0 bridgehead atoms. The molecule has 1 aromatic carbocycles. The lowest BCUT2D eigenvalue weighted by Gasteiger charge is -2.50. The fourth-order valence-corrected chi connectivity index (χ4v) is 6.39. The van der Waals surface area contributed by atoms with Gasteiger partial charge < -0.3 is 10.1 Å². The molecule has 9 nitrogen and oxygen atoms in total. The lowest BCUT2D eigenvalue weighted by molar-refractivity contribution is -0.387. The van der Waals surface area contributed by atoms with Crippen LogP contribution in [0.2, 0.25) is 0 Å². The molecule has 2 heterocycles. The van der Waals surface area contributed by atoms with Gasteiger partial charge in [0.2, 0.25) is 15.9 Å². The Balaban J connectivity index is 1.35. The van der Waals surface area contributed by atoms with E-state index in [1.165, 1.54) is 28.6 Å². The van der Waals surface area contributed by atoms with E-state index in [2.05, 4.69) is 5.32 Å². The van der Waals surface area contributed by atoms with Crippen molar-refractivity contribution >= 4 is 21.6 Å². The molecule has 2 saturated heterocycles. The van der Waals surface area contributed by atoms with Gasteiger partial charge in [0.05, 0.1) is 23.2 Å². The topological polar surface area (TPSA) is 119 Å². The Morgan fingerprint density at radius 1 is 1.21 bits per heavy atom. The Labute approximate surface area is 169 Å². The molecular formula is C19H25N3O6S. The van der Waals surface area contributed by atoms with E-state index in [4.69, 9.17) is 4.74 Å². The third kappa shape index (κ3) is 3.88. The fraction of sp³-hybridized carbons (Fsp3) is 0.632. The van der Waals surface area contributed by atoms with Crippen LogP contribution in [0.1, 0.15) is 38.5 Å². The second kappa shape index (κ2) is 8.00. The number of nitro benzene ring substituents is 1. The van der Waals surface area contributed by atoms with Crippen molar-refractivity contribution in [1.82, 2.24) is 9.62 Å². The highest BCUT2D eigenvalue weighted by Gasteiger charge is 2.51. The van der Waals surface area contributed by atoms with E-state index < -0.39 is 20.6 Å². The van der Waals surface area contributed by atoms with Gasteiger partial charge in [0.1, 0.15) is 0 Å². The summed E-state index contributed by atoms with van der Waals surface area (Å²) in [6, 6.07) is 5.08. The molecule has 4 rings (SSSR count). The minimum Gasteiger partial charge on any atom is -0.370 e. The van der Waals surface area contributed by atoms with Gasteiger partial charge in [-0.2, -0.15) is 4.31 Å². The fourth-order valence-electron chi connectivity index (χ4n) is 4.54. The molecule has 0 unspecified atom stereocenters. The Hall–Kier alpha value is -2.04. The number of rotatable bonds is 6. The predicted molar refractivity (Wildman–Crippen MR) is 104 cm³/mol. The Morgan fingerprint density at radius 2 is 1.93 bits per heavy atom. The van der Waals surface area contributed by atoms with Crippen LogP contribution in [0.15, 0.2) is 29.2 Å². The molecule has 1 aromatic rings. The number of benzene rings is 1. The van der Waals surface area contributed by atoms with Gasteiger partial charge in [-0.25, -0.2) is 8.42 Å². The van der Waals surface area contributed by atoms with Crippen molar-refractivity contribution in [3.05, 3.63) is 34.4 Å². The highest BCUT2D eigenvalue weighted by atomic mass is 32.2. The average molecular weight is 423 g/mol. The molecule has 0 radical (unpaired) electrons. The number of hydrogen-bond acceptors (Lipinski definition) is 6. The molecule has 2 aliphatic heterocycles. The number of nitrogens with zero attached hydrogens (tertiary/aromatic N) is 2. The van der Waals surface area contributed by atoms with Gasteiger partial charge >= 0.3 is 0 Å². The van der Waals surface area contributed by atoms with Crippen molar-refractivity contribution in [3.63, 3.8) is 0 Å². The number of para-hydroxylation sites is 1. The van der Waals surface area contributed by atoms with Gasteiger partial charge in [-0.1, -0.05) is 25.0 Å². The van der Waals surface area contributed by atoms with Crippen LogP contribution < -0.4 is 5.32 Å². The number of fused-ring (bicyclic) bond motifs is 1. The molecule has 1 N–H and O–H groups in total. The summed E-state index contributed by atoms with van der Waals surface area (Å²) < 4.78 is 33.2. The Morgan fingerprint density at radius 3 is 2.62 bits per heavy atom. The van der Waals surface area contributed by atoms with Gasteiger partial charge in [0, 0.05) is 25.1 Å². The molecule has 0 spiro atoms. The molecule has 1 amide bonds. The predicted octanol–water partition coefficient (Wildman–Crippen LogP) is 1.82. The quantitative estimate of drug-likeness (QED) is 0.551. The SMILES string of the molecule is O=C(NC[C@H]1CC[C@@H]2[C@@H](CN2S(=O)(=O)c2ccccc2[N+](=O)[O-])O1)C1CCCC1. The number of nitrogens with one attached hydrogen (secondary N) is 1. The van der Waals surface area contributed by atoms with Crippen molar-refractivity contribution < 1.29 is 22.9 Å². The summed E-state index contributed by atoms with van der Waals surface area (Å²) in [6.07, 6.45) is 4.97. The van der Waals surface area contributed by atoms with E-state index in [1.807, 2.05) is 0 Å². The lowest BCUT2D eigenvalue weighted by atomic mass is 9.92. The maximum atomic E-state index is 12.9. The van der Waals surface area contributed by atoms with E-state index in [-0.39, 0.29) is 41.5 Å². The molecule has 3 fully saturated rings. The molecule has 158 valence electrons. The largest absolute Gasteiger partial charge is 0.370 e. The lowest BCUT2D eigenvalue weighted by Crippen LogP contribution is -2.66. The number of amides is 1. The second-order valence-electron chi connectivity index (χ2n) is 7.97. The van der Waals surface area contributed by atoms with Crippen LogP contribution in [0.3, 0.4) is 0 Å². The van der Waals surface area contributed by atoms with Crippen LogP contribution in [-0.2, 0) is 19.6 Å². The first-order valence-electron chi connectivity index (χ1n) is 10.1. The number of hydrogen-bond donors (Lipinski definition) is 1. The average Bonchev–Trinajstić information content (AvgIpc) is 3.22. The zero-order chi connectivity index (χ0) is 20.6. The van der Waals surface area contributed by atoms with Crippen LogP contribution in [0.5, 0.6) is 0 Å². The van der Waals surface area contributed by atoms with E-state index in [0.29, 0.717) is 19.4 Å². The number of ether oxygens (including phenoxy) is 1. The molecular weight excluding hydrogens is 398 g/mol. The maximum Gasteiger partial charge on any atom is 0.289 e. The summed E-state index contributed by atoms with van der Waals surface area (Å²) in [6.45, 7) is 0.613. The smallest absolute Gasteiger partial charge is 0.289 e. The molecule has 1 saturated carbocycles. The number of carbonyl (C=O) groups is 1. The molecule has 3 atom stereocenters. The first kappa shape index (κ1) is 20.2. The maximum absolute atomic E-state index is 12.9. The van der Waals surface area contributed by atoms with Gasteiger partial charge in [0.25, 0.3) is 5.69 Å². The second-order valence-corrected chi connectivity index (χ2v) is 9.83. The van der Waals surface area contributed by atoms with Gasteiger partial charge in [-0.15, -0.1) is 0 Å². The van der Waals surface area contributed by atoms with Crippen LogP contribution in [-0.4, -0.2) is 54.9 Å². The van der Waals surface area contributed by atoms with Crippen molar-refractivity contribution in [1.29, 1.82) is 0 Å². The molecule has 0 aromatic heterocycles. The summed E-state index contributed by atoms with van der Waals surface area (Å²) in [5.41, 5.74) is -0.417. The Kier molecular flexibility index (Phi) is 5.58. The number of nitro groups is 1. The molecule has 3 aliphatic rings. The molecule has 29 heavy (non-hydrogen) atoms. The number of sulfonamides is 1. The van der Waals surface area contributed by atoms with Crippen molar-refractivity contribution in [3.8, 4) is 0 Å². The van der Waals surface area contributed by atoms with E-state index in [0.717, 1.165) is 25.7 Å². The zero-order valence-electron chi connectivity index (χ0n) is 16.0. The summed E-state index contributed by atoms with van der Waals surface area (Å²) in [5, 5.41) is 14.2. The minimum atomic E-state index is -3.96. The summed E-state index contributed by atoms with van der Waals surface area (Å²) >= 11 is 0. The summed E-state index contributed by atoms with van der Waals surface area (Å²) in [7, 11) is -3.96. The highest BCUT2D eigenvalue weighted by molar-refractivity contribution is 7.89. The van der Waals surface area contributed by atoms with Crippen LogP contribution in [0.4, 0.5) is 5.69 Å². The van der Waals surface area contributed by atoms with Crippen molar-refractivity contribution in [2.75, 3.05) is 13.1 Å². The van der Waals surface area contributed by atoms with Gasteiger partial charge in [0.15, 0.2) is 4.90 Å². The summed E-state index contributed by atoms with van der Waals surface area (Å²) in [5.74, 6) is 0.194. The highest BCUT2D eigenvalue weighted by Crippen LogP contribution is 2.38. The summed E-state index contributed by atoms with van der Waals surface area (Å²) in [4.78, 5) is 22.4. The molecule has 1 aliphatic carbocycles.